The zero-order valence-electron chi connectivity index (χ0n) is 11.8. The predicted molar refractivity (Wildman–Crippen MR) is 73.9 cm³/mol. The van der Waals surface area contributed by atoms with Crippen LogP contribution in [-0.4, -0.2) is 18.1 Å². The van der Waals surface area contributed by atoms with Crippen molar-refractivity contribution in [1.82, 2.24) is 4.98 Å². The van der Waals surface area contributed by atoms with Crippen molar-refractivity contribution in [3.05, 3.63) is 53.4 Å². The first-order valence-electron chi connectivity index (χ1n) is 6.69. The molecule has 1 heterocycles. The van der Waals surface area contributed by atoms with E-state index >= 15 is 0 Å². The molecule has 0 fully saturated rings. The Hall–Kier alpha value is -2.31. The van der Waals surface area contributed by atoms with Crippen molar-refractivity contribution in [2.45, 2.75) is 13.3 Å². The maximum Gasteiger partial charge on any atom is 0.253 e. The fraction of sp³-hybridized carbons (Fsp3) is 0.267. The molecule has 0 aliphatic rings. The van der Waals surface area contributed by atoms with Gasteiger partial charge in [-0.25, -0.2) is 0 Å². The number of hydrogen-bond donors (Lipinski definition) is 1. The number of ether oxygens (including phenoxy) is 1. The van der Waals surface area contributed by atoms with Gasteiger partial charge in [0, 0.05) is 6.54 Å². The number of aromatic nitrogens is 1. The minimum Gasteiger partial charge on any atom is -0.494 e. The van der Waals surface area contributed by atoms with Crippen LogP contribution in [0.2, 0.25) is 0 Å². The third-order valence-corrected chi connectivity index (χ3v) is 2.97. The largest absolute Gasteiger partial charge is 0.494 e. The molecule has 0 aliphatic carbocycles. The third-order valence-electron chi connectivity index (χ3n) is 2.97. The molecular formula is C15H14F4N2O. The normalized spacial score (nSPS) is 10.6. The summed E-state index contributed by atoms with van der Waals surface area (Å²) in [7, 11) is 0. The molecule has 1 aromatic heterocycles. The molecule has 1 N–H and O–H groups in total. The molecule has 3 nitrogen and oxygen atoms in total. The predicted octanol–water partition coefficient (Wildman–Crippen LogP) is 3.69. The number of hydrogen-bond acceptors (Lipinski definition) is 3. The Morgan fingerprint density at radius 2 is 1.68 bits per heavy atom. The van der Waals surface area contributed by atoms with Crippen LogP contribution < -0.4 is 10.1 Å². The first-order valence-corrected chi connectivity index (χ1v) is 6.69. The van der Waals surface area contributed by atoms with Gasteiger partial charge in [0.05, 0.1) is 6.61 Å². The molecule has 1 aromatic carbocycles. The molecule has 0 amide bonds. The molecule has 0 radical (unpaired) electrons. The summed E-state index contributed by atoms with van der Waals surface area (Å²) in [6, 6.07) is 7.17. The number of anilines is 1. The number of nitrogens with zero attached hydrogens (tertiary/aromatic N) is 1. The molecule has 2 rings (SSSR count). The van der Waals surface area contributed by atoms with E-state index in [-0.39, 0.29) is 6.54 Å². The van der Waals surface area contributed by atoms with Gasteiger partial charge in [0.15, 0.2) is 0 Å². The van der Waals surface area contributed by atoms with E-state index in [9.17, 15) is 17.6 Å². The lowest BCUT2D eigenvalue weighted by molar-refractivity contribution is 0.336. The van der Waals surface area contributed by atoms with Crippen LogP contribution in [0.1, 0.15) is 12.5 Å². The Morgan fingerprint density at radius 3 is 2.32 bits per heavy atom. The SMILES string of the molecule is CCOc1ccccc1CCNc1c(F)c(F)nc(F)c1F. The van der Waals surface area contributed by atoms with Crippen LogP contribution >= 0.6 is 0 Å². The average Bonchev–Trinajstić information content (AvgIpc) is 2.50. The molecule has 0 bridgehead atoms. The van der Waals surface area contributed by atoms with E-state index in [0.717, 1.165) is 5.56 Å². The minimum atomic E-state index is -1.68. The van der Waals surface area contributed by atoms with Crippen molar-refractivity contribution in [3.8, 4) is 5.75 Å². The van der Waals surface area contributed by atoms with Gasteiger partial charge < -0.3 is 10.1 Å². The fourth-order valence-electron chi connectivity index (χ4n) is 1.97. The molecular weight excluding hydrogens is 300 g/mol. The highest BCUT2D eigenvalue weighted by Gasteiger charge is 2.20. The summed E-state index contributed by atoms with van der Waals surface area (Å²) < 4.78 is 58.3. The van der Waals surface area contributed by atoms with E-state index < -0.39 is 29.2 Å². The number of para-hydroxylation sites is 1. The first kappa shape index (κ1) is 16.1. The number of halogens is 4. The molecule has 0 atom stereocenters. The summed E-state index contributed by atoms with van der Waals surface area (Å²) in [6.07, 6.45) is 0.362. The molecule has 7 heteroatoms. The van der Waals surface area contributed by atoms with Crippen LogP contribution in [0.3, 0.4) is 0 Å². The summed E-state index contributed by atoms with van der Waals surface area (Å²) in [4.78, 5) is 2.49. The van der Waals surface area contributed by atoms with Crippen LogP contribution in [0.5, 0.6) is 5.75 Å². The van der Waals surface area contributed by atoms with Gasteiger partial charge in [-0.05, 0) is 25.0 Å². The highest BCUT2D eigenvalue weighted by atomic mass is 19.2. The summed E-state index contributed by atoms with van der Waals surface area (Å²) in [5, 5.41) is 2.36. The Kier molecular flexibility index (Phi) is 5.19. The van der Waals surface area contributed by atoms with Crippen LogP contribution in [0.4, 0.5) is 23.2 Å². The second kappa shape index (κ2) is 7.11. The number of rotatable bonds is 6. The Balaban J connectivity index is 2.09. The van der Waals surface area contributed by atoms with Crippen LogP contribution in [0, 0.1) is 23.5 Å². The zero-order chi connectivity index (χ0) is 16.1. The van der Waals surface area contributed by atoms with Gasteiger partial charge in [-0.1, -0.05) is 18.2 Å². The van der Waals surface area contributed by atoms with Crippen LogP contribution in [-0.2, 0) is 6.42 Å². The molecule has 118 valence electrons. The monoisotopic (exact) mass is 314 g/mol. The smallest absolute Gasteiger partial charge is 0.253 e. The maximum atomic E-state index is 13.4. The summed E-state index contributed by atoms with van der Waals surface area (Å²) in [5.74, 6) is -5.80. The lowest BCUT2D eigenvalue weighted by atomic mass is 10.1. The highest BCUT2D eigenvalue weighted by molar-refractivity contribution is 5.45. The lowest BCUT2D eigenvalue weighted by Crippen LogP contribution is -2.12. The fourth-order valence-corrected chi connectivity index (χ4v) is 1.97. The Morgan fingerprint density at radius 1 is 1.05 bits per heavy atom. The van der Waals surface area contributed by atoms with Gasteiger partial charge >= 0.3 is 0 Å². The number of benzene rings is 1. The van der Waals surface area contributed by atoms with E-state index in [1.54, 1.807) is 24.3 Å². The van der Waals surface area contributed by atoms with Crippen LogP contribution in [0.15, 0.2) is 24.3 Å². The summed E-state index contributed by atoms with van der Waals surface area (Å²) in [5.41, 5.74) is -0.0495. The van der Waals surface area contributed by atoms with Gasteiger partial charge in [-0.2, -0.15) is 22.5 Å². The summed E-state index contributed by atoms with van der Waals surface area (Å²) in [6.45, 7) is 2.39. The van der Waals surface area contributed by atoms with E-state index in [1.807, 2.05) is 6.92 Å². The molecule has 0 aliphatic heterocycles. The molecule has 2 aromatic rings. The van der Waals surface area contributed by atoms with E-state index in [4.69, 9.17) is 4.74 Å². The average molecular weight is 314 g/mol. The van der Waals surface area contributed by atoms with Crippen molar-refractivity contribution in [1.29, 1.82) is 0 Å². The lowest BCUT2D eigenvalue weighted by Gasteiger charge is -2.12. The Bertz CT molecular complexity index is 638. The molecule has 22 heavy (non-hydrogen) atoms. The maximum absolute atomic E-state index is 13.4. The topological polar surface area (TPSA) is 34.1 Å². The zero-order valence-corrected chi connectivity index (χ0v) is 11.8. The van der Waals surface area contributed by atoms with Crippen molar-refractivity contribution in [2.75, 3.05) is 18.5 Å². The van der Waals surface area contributed by atoms with E-state index in [2.05, 4.69) is 10.3 Å². The van der Waals surface area contributed by atoms with Gasteiger partial charge in [0.1, 0.15) is 11.4 Å². The summed E-state index contributed by atoms with van der Waals surface area (Å²) >= 11 is 0. The quantitative estimate of drug-likeness (QED) is 0.652. The van der Waals surface area contributed by atoms with E-state index in [0.29, 0.717) is 18.8 Å². The minimum absolute atomic E-state index is 0.0703. The standard InChI is InChI=1S/C15H14F4N2O/c1-2-22-10-6-4-3-5-9(10)7-8-20-13-11(16)14(18)21-15(19)12(13)17/h3-6H,2,7-8H2,1H3,(H,20,21). The number of nitrogens with one attached hydrogen (secondary N) is 1. The van der Waals surface area contributed by atoms with Crippen LogP contribution in [0.25, 0.3) is 0 Å². The Labute approximate surface area is 124 Å². The van der Waals surface area contributed by atoms with Gasteiger partial charge in [-0.3, -0.25) is 0 Å². The molecule has 0 saturated heterocycles. The second-order valence-corrected chi connectivity index (χ2v) is 4.41. The second-order valence-electron chi connectivity index (χ2n) is 4.41. The molecule has 0 spiro atoms. The van der Waals surface area contributed by atoms with Crippen molar-refractivity contribution < 1.29 is 22.3 Å². The number of pyridine rings is 1. The molecule has 0 saturated carbocycles. The van der Waals surface area contributed by atoms with Gasteiger partial charge in [-0.15, -0.1) is 0 Å². The van der Waals surface area contributed by atoms with Crippen molar-refractivity contribution in [3.63, 3.8) is 0 Å². The highest BCUT2D eigenvalue weighted by Crippen LogP contribution is 2.23. The van der Waals surface area contributed by atoms with Gasteiger partial charge in [0.2, 0.25) is 11.6 Å². The van der Waals surface area contributed by atoms with Crippen molar-refractivity contribution in [2.24, 2.45) is 0 Å². The molecule has 0 unspecified atom stereocenters. The van der Waals surface area contributed by atoms with Gasteiger partial charge in [0.25, 0.3) is 11.9 Å². The van der Waals surface area contributed by atoms with Crippen molar-refractivity contribution >= 4 is 5.69 Å². The third kappa shape index (κ3) is 3.47. The van der Waals surface area contributed by atoms with E-state index in [1.165, 1.54) is 0 Å². The first-order chi connectivity index (χ1) is 10.5.